The summed E-state index contributed by atoms with van der Waals surface area (Å²) in [5.41, 5.74) is 6.99. The molecule has 0 fully saturated rings. The number of carbonyl (C=O) groups is 1. The lowest BCUT2D eigenvalue weighted by Gasteiger charge is -2.05. The van der Waals surface area contributed by atoms with Gasteiger partial charge in [0.15, 0.2) is 0 Å². The highest BCUT2D eigenvalue weighted by Crippen LogP contribution is 2.11. The van der Waals surface area contributed by atoms with Crippen molar-refractivity contribution in [1.29, 1.82) is 0 Å². The van der Waals surface area contributed by atoms with Crippen LogP contribution in [-0.2, 0) is 0 Å². The number of carboxylic acids is 1. The van der Waals surface area contributed by atoms with Crippen molar-refractivity contribution in [2.75, 3.05) is 5.73 Å². The van der Waals surface area contributed by atoms with Crippen LogP contribution < -0.4 is 11.2 Å². The van der Waals surface area contributed by atoms with E-state index in [0.717, 1.165) is 5.56 Å². The summed E-state index contributed by atoms with van der Waals surface area (Å²) in [5, 5.41) is 8.65. The normalized spacial score (nSPS) is 9.75. The van der Waals surface area contributed by atoms with Crippen molar-refractivity contribution in [3.8, 4) is 0 Å². The van der Waals surface area contributed by atoms with Gasteiger partial charge < -0.3 is 10.8 Å². The molecule has 0 aliphatic rings. The van der Waals surface area contributed by atoms with E-state index in [1.165, 1.54) is 6.07 Å². The third kappa shape index (κ3) is 1.42. The van der Waals surface area contributed by atoms with Crippen molar-refractivity contribution < 1.29 is 9.90 Å². The van der Waals surface area contributed by atoms with E-state index >= 15 is 0 Å². The van der Waals surface area contributed by atoms with Crippen LogP contribution in [-0.4, -0.2) is 18.9 Å². The predicted octanol–water partition coefficient (Wildman–Crippen LogP) is 0.0692. The molecule has 0 aromatic heterocycles. The highest BCUT2D eigenvalue weighted by Gasteiger charge is 2.08. The summed E-state index contributed by atoms with van der Waals surface area (Å²) < 4.78 is 0. The molecule has 12 heavy (non-hydrogen) atoms. The molecule has 0 aliphatic carbocycles. The van der Waals surface area contributed by atoms with Crippen LogP contribution in [0.25, 0.3) is 0 Å². The van der Waals surface area contributed by atoms with Crippen LogP contribution in [0.3, 0.4) is 0 Å². The number of aromatic carboxylic acids is 1. The van der Waals surface area contributed by atoms with Crippen molar-refractivity contribution in [3.05, 3.63) is 23.3 Å². The van der Waals surface area contributed by atoms with Crippen LogP contribution >= 0.6 is 0 Å². The number of nitrogen functional groups attached to an aromatic ring is 1. The fraction of sp³-hybridized carbons (Fsp3) is 0.125. The molecule has 0 saturated heterocycles. The van der Waals surface area contributed by atoms with Gasteiger partial charge in [-0.3, -0.25) is 0 Å². The Bertz CT molecular complexity index is 336. The lowest BCUT2D eigenvalue weighted by atomic mass is 9.89. The van der Waals surface area contributed by atoms with E-state index in [0.29, 0.717) is 5.46 Å². The predicted molar refractivity (Wildman–Crippen MR) is 47.9 cm³/mol. The Kier molecular flexibility index (Phi) is 2.08. The topological polar surface area (TPSA) is 63.3 Å². The Morgan fingerprint density at radius 3 is 2.67 bits per heavy atom. The lowest BCUT2D eigenvalue weighted by Crippen LogP contribution is -2.13. The van der Waals surface area contributed by atoms with Crippen LogP contribution in [0, 0.1) is 6.92 Å². The number of anilines is 1. The SMILES string of the molecule is [B]c1cc(C(=O)O)c(N)cc1C. The molecule has 1 rings (SSSR count). The number of hydrogen-bond acceptors (Lipinski definition) is 2. The van der Waals surface area contributed by atoms with Gasteiger partial charge in [-0.25, -0.2) is 4.79 Å². The summed E-state index contributed by atoms with van der Waals surface area (Å²) in [6, 6.07) is 2.92. The second kappa shape index (κ2) is 2.89. The van der Waals surface area contributed by atoms with Crippen molar-refractivity contribution in [2.45, 2.75) is 6.92 Å². The number of carboxylic acid groups (broad SMARTS) is 1. The molecular weight excluding hydrogens is 153 g/mol. The molecule has 0 bridgehead atoms. The van der Waals surface area contributed by atoms with Gasteiger partial charge in [-0.15, -0.1) is 0 Å². The highest BCUT2D eigenvalue weighted by molar-refractivity contribution is 6.33. The summed E-state index contributed by atoms with van der Waals surface area (Å²) in [7, 11) is 5.51. The van der Waals surface area contributed by atoms with Crippen LogP contribution in [0.2, 0.25) is 0 Å². The number of hydrogen-bond donors (Lipinski definition) is 2. The maximum atomic E-state index is 10.5. The zero-order valence-corrected chi connectivity index (χ0v) is 6.66. The first-order chi connectivity index (χ1) is 5.52. The molecule has 2 radical (unpaired) electrons. The summed E-state index contributed by atoms with van der Waals surface area (Å²) in [4.78, 5) is 10.5. The molecule has 4 heteroatoms. The molecular formula is C8H8BNO2. The van der Waals surface area contributed by atoms with Gasteiger partial charge in [-0.1, -0.05) is 17.1 Å². The minimum Gasteiger partial charge on any atom is -0.478 e. The first-order valence-electron chi connectivity index (χ1n) is 3.41. The molecule has 0 unspecified atom stereocenters. The maximum Gasteiger partial charge on any atom is 0.337 e. The van der Waals surface area contributed by atoms with Gasteiger partial charge in [0, 0.05) is 5.69 Å². The average molecular weight is 161 g/mol. The molecule has 0 spiro atoms. The molecule has 0 saturated carbocycles. The Labute approximate surface area is 71.6 Å². The fourth-order valence-corrected chi connectivity index (χ4v) is 0.932. The Balaban J connectivity index is 3.33. The first kappa shape index (κ1) is 8.65. The summed E-state index contributed by atoms with van der Waals surface area (Å²) >= 11 is 0. The Morgan fingerprint density at radius 1 is 1.58 bits per heavy atom. The molecule has 60 valence electrons. The minimum atomic E-state index is -1.06. The number of aryl methyl sites for hydroxylation is 1. The van der Waals surface area contributed by atoms with Crippen molar-refractivity contribution in [1.82, 2.24) is 0 Å². The highest BCUT2D eigenvalue weighted by atomic mass is 16.4. The minimum absolute atomic E-state index is 0.0538. The van der Waals surface area contributed by atoms with Crippen LogP contribution in [0.5, 0.6) is 0 Å². The molecule has 3 nitrogen and oxygen atoms in total. The largest absolute Gasteiger partial charge is 0.478 e. The van der Waals surface area contributed by atoms with E-state index in [-0.39, 0.29) is 11.3 Å². The number of nitrogens with two attached hydrogens (primary N) is 1. The Hall–Kier alpha value is -1.45. The van der Waals surface area contributed by atoms with E-state index in [1.54, 1.807) is 13.0 Å². The van der Waals surface area contributed by atoms with Crippen molar-refractivity contribution in [3.63, 3.8) is 0 Å². The van der Waals surface area contributed by atoms with Gasteiger partial charge >= 0.3 is 5.97 Å². The van der Waals surface area contributed by atoms with Crippen LogP contribution in [0.4, 0.5) is 5.69 Å². The molecule has 0 heterocycles. The van der Waals surface area contributed by atoms with E-state index in [1.807, 2.05) is 0 Å². The van der Waals surface area contributed by atoms with Crippen LogP contribution in [0.15, 0.2) is 12.1 Å². The second-order valence-electron chi connectivity index (χ2n) is 2.60. The molecule has 1 aromatic rings. The Morgan fingerprint density at radius 2 is 2.17 bits per heavy atom. The molecule has 3 N–H and O–H groups in total. The van der Waals surface area contributed by atoms with Gasteiger partial charge in [-0.2, -0.15) is 0 Å². The summed E-state index contributed by atoms with van der Waals surface area (Å²) in [6.45, 7) is 1.78. The molecule has 0 aliphatic heterocycles. The number of rotatable bonds is 1. The third-order valence-electron chi connectivity index (χ3n) is 1.67. The number of benzene rings is 1. The van der Waals surface area contributed by atoms with E-state index in [2.05, 4.69) is 0 Å². The van der Waals surface area contributed by atoms with Crippen molar-refractivity contribution in [2.24, 2.45) is 0 Å². The van der Waals surface area contributed by atoms with Crippen LogP contribution in [0.1, 0.15) is 15.9 Å². The van der Waals surface area contributed by atoms with Gasteiger partial charge in [0.05, 0.1) is 5.56 Å². The second-order valence-corrected chi connectivity index (χ2v) is 2.60. The van der Waals surface area contributed by atoms with Gasteiger partial charge in [-0.05, 0) is 13.0 Å². The lowest BCUT2D eigenvalue weighted by molar-refractivity contribution is 0.0698. The van der Waals surface area contributed by atoms with E-state index < -0.39 is 5.97 Å². The maximum absolute atomic E-state index is 10.5. The smallest absolute Gasteiger partial charge is 0.337 e. The summed E-state index contributed by atoms with van der Waals surface area (Å²) in [5.74, 6) is -1.06. The van der Waals surface area contributed by atoms with Crippen molar-refractivity contribution >= 4 is 25.0 Å². The molecule has 1 aromatic carbocycles. The monoisotopic (exact) mass is 161 g/mol. The van der Waals surface area contributed by atoms with Gasteiger partial charge in [0.2, 0.25) is 0 Å². The zero-order chi connectivity index (χ0) is 9.30. The molecule has 0 amide bonds. The first-order valence-corrected chi connectivity index (χ1v) is 3.41. The standard InChI is InChI=1S/C8H8BNO2/c1-4-2-7(10)5(8(11)12)3-6(4)9/h2-3H,10H2,1H3,(H,11,12). The van der Waals surface area contributed by atoms with E-state index in [9.17, 15) is 4.79 Å². The summed E-state index contributed by atoms with van der Waals surface area (Å²) in [6.07, 6.45) is 0. The van der Waals surface area contributed by atoms with E-state index in [4.69, 9.17) is 18.7 Å². The average Bonchev–Trinajstić information content (AvgIpc) is 1.96. The zero-order valence-electron chi connectivity index (χ0n) is 6.66. The third-order valence-corrected chi connectivity index (χ3v) is 1.67. The fourth-order valence-electron chi connectivity index (χ4n) is 0.932. The quantitative estimate of drug-likeness (QED) is 0.452. The molecule has 0 atom stereocenters. The van der Waals surface area contributed by atoms with Gasteiger partial charge in [0.1, 0.15) is 7.85 Å². The van der Waals surface area contributed by atoms with Gasteiger partial charge in [0.25, 0.3) is 0 Å².